The van der Waals surface area contributed by atoms with Crippen molar-refractivity contribution in [2.75, 3.05) is 25.1 Å². The van der Waals surface area contributed by atoms with E-state index in [2.05, 4.69) is 15.7 Å². The minimum Gasteiger partial charge on any atom is -0.378 e. The lowest BCUT2D eigenvalue weighted by atomic mass is 10.2. The summed E-state index contributed by atoms with van der Waals surface area (Å²) in [7, 11) is 1.80. The van der Waals surface area contributed by atoms with E-state index in [1.807, 2.05) is 0 Å². The van der Waals surface area contributed by atoms with E-state index >= 15 is 0 Å². The molecule has 2 N–H and O–H groups in total. The van der Waals surface area contributed by atoms with Gasteiger partial charge in [-0.2, -0.15) is 5.10 Å². The molecule has 90 valence electrons. The van der Waals surface area contributed by atoms with E-state index in [0.717, 1.165) is 0 Å². The Labute approximate surface area is 99.8 Å². The summed E-state index contributed by atoms with van der Waals surface area (Å²) in [6, 6.07) is 1.47. The molecule has 1 aromatic heterocycles. The standard InChI is InChI=1S/C9H14N4O2.ClH/c1-13-4-2-8(12-13)11-9(14)7-6-15-5-3-10-7;/h2,4,7,10H,3,5-6H2,1H3,(H,11,12,14);1H. The third kappa shape index (κ3) is 3.19. The van der Waals surface area contributed by atoms with Crippen molar-refractivity contribution in [2.24, 2.45) is 7.05 Å². The first-order valence-electron chi connectivity index (χ1n) is 4.87. The molecule has 1 saturated heterocycles. The Morgan fingerprint density at radius 1 is 1.75 bits per heavy atom. The zero-order chi connectivity index (χ0) is 10.7. The number of carbonyl (C=O) groups excluding carboxylic acids is 1. The van der Waals surface area contributed by atoms with Gasteiger partial charge >= 0.3 is 0 Å². The van der Waals surface area contributed by atoms with E-state index in [1.54, 1.807) is 24.0 Å². The van der Waals surface area contributed by atoms with Crippen LogP contribution in [-0.2, 0) is 16.6 Å². The zero-order valence-electron chi connectivity index (χ0n) is 8.97. The van der Waals surface area contributed by atoms with Gasteiger partial charge in [-0.25, -0.2) is 0 Å². The maximum absolute atomic E-state index is 11.7. The van der Waals surface area contributed by atoms with Crippen molar-refractivity contribution >= 4 is 24.1 Å². The average Bonchev–Trinajstić information content (AvgIpc) is 2.65. The summed E-state index contributed by atoms with van der Waals surface area (Å²) in [5.41, 5.74) is 0. The Balaban J connectivity index is 0.00000128. The van der Waals surface area contributed by atoms with E-state index in [-0.39, 0.29) is 24.4 Å². The lowest BCUT2D eigenvalue weighted by Gasteiger charge is -2.22. The maximum atomic E-state index is 11.7. The van der Waals surface area contributed by atoms with Crippen molar-refractivity contribution in [2.45, 2.75) is 6.04 Å². The first-order valence-corrected chi connectivity index (χ1v) is 4.87. The Hall–Kier alpha value is -1.11. The molecule has 0 bridgehead atoms. The van der Waals surface area contributed by atoms with Crippen molar-refractivity contribution in [3.05, 3.63) is 12.3 Å². The number of hydrogen-bond acceptors (Lipinski definition) is 4. The number of aromatic nitrogens is 2. The van der Waals surface area contributed by atoms with Crippen molar-refractivity contribution in [3.63, 3.8) is 0 Å². The summed E-state index contributed by atoms with van der Waals surface area (Å²) in [5, 5.41) is 9.85. The van der Waals surface area contributed by atoms with Crippen LogP contribution >= 0.6 is 12.4 Å². The predicted molar refractivity (Wildman–Crippen MR) is 61.7 cm³/mol. The first-order chi connectivity index (χ1) is 7.25. The highest BCUT2D eigenvalue weighted by Crippen LogP contribution is 2.03. The molecule has 1 aliphatic rings. The van der Waals surface area contributed by atoms with Crippen LogP contribution in [0.3, 0.4) is 0 Å². The molecule has 7 heteroatoms. The summed E-state index contributed by atoms with van der Waals surface area (Å²) in [6.45, 7) is 1.78. The van der Waals surface area contributed by atoms with E-state index in [0.29, 0.717) is 25.6 Å². The second kappa shape index (κ2) is 5.83. The number of ether oxygens (including phenoxy) is 1. The van der Waals surface area contributed by atoms with Gasteiger partial charge in [0.2, 0.25) is 5.91 Å². The minimum atomic E-state index is -0.277. The quantitative estimate of drug-likeness (QED) is 0.757. The van der Waals surface area contributed by atoms with Crippen LogP contribution in [0.15, 0.2) is 12.3 Å². The molecule has 0 aromatic carbocycles. The Bertz CT molecular complexity index is 349. The number of carbonyl (C=O) groups is 1. The van der Waals surface area contributed by atoms with Gasteiger partial charge in [-0.05, 0) is 0 Å². The summed E-state index contributed by atoms with van der Waals surface area (Å²) >= 11 is 0. The third-order valence-electron chi connectivity index (χ3n) is 2.20. The van der Waals surface area contributed by atoms with Gasteiger partial charge in [0.05, 0.1) is 13.2 Å². The Morgan fingerprint density at radius 2 is 2.56 bits per heavy atom. The molecule has 2 rings (SSSR count). The fraction of sp³-hybridized carbons (Fsp3) is 0.556. The number of rotatable bonds is 2. The first kappa shape index (κ1) is 13.0. The molecule has 0 spiro atoms. The number of morpholine rings is 1. The monoisotopic (exact) mass is 246 g/mol. The number of anilines is 1. The second-order valence-electron chi connectivity index (χ2n) is 3.45. The molecule has 6 nitrogen and oxygen atoms in total. The van der Waals surface area contributed by atoms with E-state index < -0.39 is 0 Å². The number of nitrogens with zero attached hydrogens (tertiary/aromatic N) is 2. The van der Waals surface area contributed by atoms with Crippen molar-refractivity contribution in [1.82, 2.24) is 15.1 Å². The zero-order valence-corrected chi connectivity index (χ0v) is 9.79. The molecular weight excluding hydrogens is 232 g/mol. The molecule has 1 unspecified atom stereocenters. The van der Waals surface area contributed by atoms with Gasteiger partial charge in [-0.15, -0.1) is 12.4 Å². The van der Waals surface area contributed by atoms with Gasteiger partial charge in [-0.3, -0.25) is 9.48 Å². The van der Waals surface area contributed by atoms with E-state index in [1.165, 1.54) is 0 Å². The third-order valence-corrected chi connectivity index (χ3v) is 2.20. The number of aryl methyl sites for hydroxylation is 1. The van der Waals surface area contributed by atoms with Crippen LogP contribution < -0.4 is 10.6 Å². The average molecular weight is 247 g/mol. The number of hydrogen-bond donors (Lipinski definition) is 2. The number of halogens is 1. The summed E-state index contributed by atoms with van der Waals surface area (Å²) in [6.07, 6.45) is 1.78. The van der Waals surface area contributed by atoms with Crippen LogP contribution in [0.2, 0.25) is 0 Å². The fourth-order valence-corrected chi connectivity index (χ4v) is 1.43. The van der Waals surface area contributed by atoms with Gasteiger partial charge < -0.3 is 15.4 Å². The van der Waals surface area contributed by atoms with Crippen molar-refractivity contribution in [1.29, 1.82) is 0 Å². The highest BCUT2D eigenvalue weighted by molar-refractivity contribution is 5.94. The van der Waals surface area contributed by atoms with Crippen LogP contribution in [0.25, 0.3) is 0 Å². The lowest BCUT2D eigenvalue weighted by Crippen LogP contribution is -2.48. The summed E-state index contributed by atoms with van der Waals surface area (Å²) in [4.78, 5) is 11.7. The normalized spacial score (nSPS) is 19.9. The predicted octanol–water partition coefficient (Wildman–Crippen LogP) is -0.231. The lowest BCUT2D eigenvalue weighted by molar-refractivity contribution is -0.120. The number of amides is 1. The van der Waals surface area contributed by atoms with Gasteiger partial charge in [0.1, 0.15) is 6.04 Å². The van der Waals surface area contributed by atoms with E-state index in [9.17, 15) is 4.79 Å². The minimum absolute atomic E-state index is 0. The smallest absolute Gasteiger partial charge is 0.245 e. The van der Waals surface area contributed by atoms with Crippen LogP contribution in [0.4, 0.5) is 5.82 Å². The molecule has 1 atom stereocenters. The Kier molecular flexibility index (Phi) is 4.72. The van der Waals surface area contributed by atoms with Crippen molar-refractivity contribution in [3.8, 4) is 0 Å². The molecule has 0 saturated carbocycles. The van der Waals surface area contributed by atoms with Gasteiger partial charge in [0.25, 0.3) is 0 Å². The molecule has 16 heavy (non-hydrogen) atoms. The van der Waals surface area contributed by atoms with Crippen LogP contribution in [0.5, 0.6) is 0 Å². The fourth-order valence-electron chi connectivity index (χ4n) is 1.43. The second-order valence-corrected chi connectivity index (χ2v) is 3.45. The largest absolute Gasteiger partial charge is 0.378 e. The SMILES string of the molecule is Cl.Cn1ccc(NC(=O)C2COCCN2)n1. The Morgan fingerprint density at radius 3 is 3.12 bits per heavy atom. The van der Waals surface area contributed by atoms with Gasteiger partial charge in [0, 0.05) is 25.9 Å². The van der Waals surface area contributed by atoms with Crippen molar-refractivity contribution < 1.29 is 9.53 Å². The molecule has 1 aromatic rings. The molecule has 1 fully saturated rings. The van der Waals surface area contributed by atoms with E-state index in [4.69, 9.17) is 4.74 Å². The molecular formula is C9H15ClN4O2. The molecule has 0 aliphatic carbocycles. The highest BCUT2D eigenvalue weighted by Gasteiger charge is 2.21. The van der Waals surface area contributed by atoms with Gasteiger partial charge in [-0.1, -0.05) is 0 Å². The molecule has 1 aliphatic heterocycles. The van der Waals surface area contributed by atoms with Crippen LogP contribution in [0.1, 0.15) is 0 Å². The summed E-state index contributed by atoms with van der Waals surface area (Å²) < 4.78 is 6.84. The topological polar surface area (TPSA) is 68.2 Å². The molecule has 2 heterocycles. The molecule has 0 radical (unpaired) electrons. The maximum Gasteiger partial charge on any atom is 0.245 e. The summed E-state index contributed by atoms with van der Waals surface area (Å²) in [5.74, 6) is 0.461. The highest BCUT2D eigenvalue weighted by atomic mass is 35.5. The van der Waals surface area contributed by atoms with Gasteiger partial charge in [0.15, 0.2) is 5.82 Å². The molecule has 1 amide bonds. The van der Waals surface area contributed by atoms with Crippen LogP contribution in [-0.4, -0.2) is 41.5 Å². The van der Waals surface area contributed by atoms with Crippen LogP contribution in [0, 0.1) is 0 Å². The number of nitrogens with one attached hydrogen (secondary N) is 2.